The molecule has 0 amide bonds. The molecule has 0 aliphatic rings. The van der Waals surface area contributed by atoms with Crippen molar-refractivity contribution in [1.82, 2.24) is 9.55 Å². The van der Waals surface area contributed by atoms with Crippen LogP contribution < -0.4 is 5.32 Å². The first-order valence-electron chi connectivity index (χ1n) is 5.71. The lowest BCUT2D eigenvalue weighted by atomic mass is 10.1. The molecule has 0 aliphatic heterocycles. The molecule has 0 saturated carbocycles. The van der Waals surface area contributed by atoms with Gasteiger partial charge in [0.25, 0.3) is 5.69 Å². The first-order valence-corrected chi connectivity index (χ1v) is 5.71. The third-order valence-corrected chi connectivity index (χ3v) is 2.80. The number of hydrogen-bond acceptors (Lipinski definition) is 5. The maximum Gasteiger partial charge on any atom is 0.335 e. The third-order valence-electron chi connectivity index (χ3n) is 2.80. The quantitative estimate of drug-likeness (QED) is 0.634. The second kappa shape index (κ2) is 5.39. The summed E-state index contributed by atoms with van der Waals surface area (Å²) in [5.74, 6) is -0.495. The number of nitro benzene ring substituents is 1. The van der Waals surface area contributed by atoms with Gasteiger partial charge in [0.05, 0.1) is 17.0 Å². The fourth-order valence-corrected chi connectivity index (χ4v) is 1.71. The topological polar surface area (TPSA) is 110 Å². The van der Waals surface area contributed by atoms with E-state index in [0.29, 0.717) is 12.4 Å². The van der Waals surface area contributed by atoms with Crippen molar-refractivity contribution >= 4 is 17.3 Å². The van der Waals surface area contributed by atoms with Crippen molar-refractivity contribution in [2.75, 3.05) is 5.32 Å². The highest BCUT2D eigenvalue weighted by atomic mass is 16.6. The summed E-state index contributed by atoms with van der Waals surface area (Å²) < 4.78 is 1.78. The van der Waals surface area contributed by atoms with Crippen LogP contribution in [0.3, 0.4) is 0 Å². The van der Waals surface area contributed by atoms with E-state index in [0.717, 1.165) is 6.07 Å². The Morgan fingerprint density at radius 3 is 2.85 bits per heavy atom. The van der Waals surface area contributed by atoms with E-state index in [1.165, 1.54) is 12.1 Å². The second-order valence-electron chi connectivity index (χ2n) is 4.10. The normalized spacial score (nSPS) is 10.2. The number of aromatic nitrogens is 2. The number of aromatic carboxylic acids is 1. The molecule has 8 nitrogen and oxygen atoms in total. The molecule has 1 aromatic heterocycles. The highest BCUT2D eigenvalue weighted by Crippen LogP contribution is 2.26. The molecule has 20 heavy (non-hydrogen) atoms. The van der Waals surface area contributed by atoms with Crippen LogP contribution in [0.5, 0.6) is 0 Å². The van der Waals surface area contributed by atoms with E-state index in [1.807, 2.05) is 7.05 Å². The lowest BCUT2D eigenvalue weighted by Crippen LogP contribution is -2.08. The van der Waals surface area contributed by atoms with Crippen molar-refractivity contribution in [3.05, 3.63) is 52.1 Å². The van der Waals surface area contributed by atoms with E-state index in [2.05, 4.69) is 10.3 Å². The van der Waals surface area contributed by atoms with Gasteiger partial charge in [-0.05, 0) is 12.1 Å². The number of carboxylic acid groups (broad SMARTS) is 1. The molecule has 0 radical (unpaired) electrons. The van der Waals surface area contributed by atoms with Crippen molar-refractivity contribution in [3.63, 3.8) is 0 Å². The minimum atomic E-state index is -1.20. The molecule has 8 heteroatoms. The predicted octanol–water partition coefficient (Wildman–Crippen LogP) is 1.64. The van der Waals surface area contributed by atoms with Gasteiger partial charge in [0.2, 0.25) is 0 Å². The van der Waals surface area contributed by atoms with Crippen LogP contribution in [0.4, 0.5) is 11.4 Å². The van der Waals surface area contributed by atoms with Gasteiger partial charge < -0.3 is 15.0 Å². The zero-order valence-corrected chi connectivity index (χ0v) is 10.6. The van der Waals surface area contributed by atoms with Crippen molar-refractivity contribution in [2.24, 2.45) is 7.05 Å². The third kappa shape index (κ3) is 2.74. The number of nitro groups is 1. The molecule has 0 fully saturated rings. The number of hydrogen-bond donors (Lipinski definition) is 2. The molecule has 0 aliphatic carbocycles. The zero-order valence-electron chi connectivity index (χ0n) is 10.6. The highest BCUT2D eigenvalue weighted by molar-refractivity contribution is 5.89. The summed E-state index contributed by atoms with van der Waals surface area (Å²) >= 11 is 0. The average molecular weight is 276 g/mol. The molecular weight excluding hydrogens is 264 g/mol. The lowest BCUT2D eigenvalue weighted by molar-refractivity contribution is -0.384. The molecule has 0 unspecified atom stereocenters. The maximum absolute atomic E-state index is 11.0. The average Bonchev–Trinajstić information content (AvgIpc) is 2.81. The molecule has 0 atom stereocenters. The van der Waals surface area contributed by atoms with E-state index < -0.39 is 10.9 Å². The first kappa shape index (κ1) is 13.5. The van der Waals surface area contributed by atoms with Gasteiger partial charge >= 0.3 is 5.97 Å². The van der Waals surface area contributed by atoms with Crippen molar-refractivity contribution < 1.29 is 14.8 Å². The molecule has 104 valence electrons. The molecule has 2 rings (SSSR count). The van der Waals surface area contributed by atoms with E-state index >= 15 is 0 Å². The Bertz CT molecular complexity index is 665. The SMILES string of the molecule is Cn1ccnc1CNc1ccc(C(=O)O)cc1[N+](=O)[O-]. The van der Waals surface area contributed by atoms with Gasteiger partial charge in [0.1, 0.15) is 11.5 Å². The van der Waals surface area contributed by atoms with E-state index in [-0.39, 0.29) is 16.9 Å². The van der Waals surface area contributed by atoms with Crippen molar-refractivity contribution in [3.8, 4) is 0 Å². The molecule has 2 aromatic rings. The smallest absolute Gasteiger partial charge is 0.335 e. The maximum atomic E-state index is 11.0. The summed E-state index contributed by atoms with van der Waals surface area (Å²) in [5.41, 5.74) is -0.152. The number of carbonyl (C=O) groups is 1. The summed E-state index contributed by atoms with van der Waals surface area (Å²) in [6, 6.07) is 3.73. The van der Waals surface area contributed by atoms with Gasteiger partial charge in [-0.2, -0.15) is 0 Å². The number of carboxylic acids is 1. The number of anilines is 1. The number of imidazole rings is 1. The summed E-state index contributed by atoms with van der Waals surface area (Å²) in [5, 5.41) is 22.7. The molecule has 2 N–H and O–H groups in total. The van der Waals surface area contributed by atoms with Gasteiger partial charge in [0, 0.05) is 25.5 Å². The largest absolute Gasteiger partial charge is 0.478 e. The van der Waals surface area contributed by atoms with E-state index in [1.54, 1.807) is 17.0 Å². The lowest BCUT2D eigenvalue weighted by Gasteiger charge is -2.07. The zero-order chi connectivity index (χ0) is 14.7. The van der Waals surface area contributed by atoms with Crippen LogP contribution in [0.15, 0.2) is 30.6 Å². The van der Waals surface area contributed by atoms with Crippen LogP contribution in [0.2, 0.25) is 0 Å². The number of benzene rings is 1. The second-order valence-corrected chi connectivity index (χ2v) is 4.10. The van der Waals surface area contributed by atoms with Crippen LogP contribution in [0.25, 0.3) is 0 Å². The van der Waals surface area contributed by atoms with Crippen LogP contribution >= 0.6 is 0 Å². The summed E-state index contributed by atoms with van der Waals surface area (Å²) in [4.78, 5) is 25.3. The standard InChI is InChI=1S/C12H12N4O4/c1-15-5-4-13-11(15)7-14-9-3-2-8(12(17)18)6-10(9)16(19)20/h2-6,14H,7H2,1H3,(H,17,18). The molecule has 0 spiro atoms. The molecule has 0 bridgehead atoms. The highest BCUT2D eigenvalue weighted by Gasteiger charge is 2.17. The molecule has 1 aromatic carbocycles. The van der Waals surface area contributed by atoms with Gasteiger partial charge in [0.15, 0.2) is 0 Å². The van der Waals surface area contributed by atoms with Crippen LogP contribution in [0.1, 0.15) is 16.2 Å². The summed E-state index contributed by atoms with van der Waals surface area (Å²) in [6.45, 7) is 0.302. The van der Waals surface area contributed by atoms with E-state index in [4.69, 9.17) is 5.11 Å². The number of rotatable bonds is 5. The Kier molecular flexibility index (Phi) is 3.65. The Balaban J connectivity index is 2.25. The summed E-state index contributed by atoms with van der Waals surface area (Å²) in [6.07, 6.45) is 3.39. The fraction of sp³-hybridized carbons (Fsp3) is 0.167. The van der Waals surface area contributed by atoms with Crippen molar-refractivity contribution in [2.45, 2.75) is 6.54 Å². The van der Waals surface area contributed by atoms with Gasteiger partial charge in [-0.3, -0.25) is 10.1 Å². The number of nitrogens with zero attached hydrogens (tertiary/aromatic N) is 3. The Morgan fingerprint density at radius 2 is 2.30 bits per heavy atom. The minimum Gasteiger partial charge on any atom is -0.478 e. The van der Waals surface area contributed by atoms with E-state index in [9.17, 15) is 14.9 Å². The molecule has 0 saturated heterocycles. The molecular formula is C12H12N4O4. The Hall–Kier alpha value is -2.90. The number of aryl methyl sites for hydroxylation is 1. The van der Waals surface area contributed by atoms with Crippen LogP contribution in [-0.2, 0) is 13.6 Å². The van der Waals surface area contributed by atoms with Gasteiger partial charge in [-0.15, -0.1) is 0 Å². The Morgan fingerprint density at radius 1 is 1.55 bits per heavy atom. The minimum absolute atomic E-state index is 0.126. The Labute approximate surface area is 113 Å². The first-order chi connectivity index (χ1) is 9.49. The monoisotopic (exact) mass is 276 g/mol. The van der Waals surface area contributed by atoms with Gasteiger partial charge in [-0.25, -0.2) is 9.78 Å². The predicted molar refractivity (Wildman–Crippen MR) is 70.6 cm³/mol. The number of nitrogens with one attached hydrogen (secondary N) is 1. The van der Waals surface area contributed by atoms with Gasteiger partial charge in [-0.1, -0.05) is 0 Å². The van der Waals surface area contributed by atoms with Crippen LogP contribution in [-0.4, -0.2) is 25.6 Å². The summed E-state index contributed by atoms with van der Waals surface area (Å²) in [7, 11) is 1.81. The fourth-order valence-electron chi connectivity index (χ4n) is 1.71. The van der Waals surface area contributed by atoms with Crippen molar-refractivity contribution in [1.29, 1.82) is 0 Å². The molecule has 1 heterocycles. The van der Waals surface area contributed by atoms with Crippen LogP contribution in [0, 0.1) is 10.1 Å².